The molecule has 4 N–H and O–H groups in total. The molecule has 1 aliphatic rings. The SMILES string of the molecule is COc1ccc(CC2Nc3ccc(OCc4ccccc4)cc3C2CC(=O)O)cc1.Cc1c(C(=O)O)cccc1C(=O)O. The van der Waals surface area contributed by atoms with Crippen molar-refractivity contribution in [3.63, 3.8) is 0 Å². The molecule has 2 unspecified atom stereocenters. The third-order valence-corrected chi connectivity index (χ3v) is 7.30. The van der Waals surface area contributed by atoms with Crippen molar-refractivity contribution in [2.24, 2.45) is 0 Å². The molecular formula is C34H33NO8. The molecule has 1 aliphatic heterocycles. The van der Waals surface area contributed by atoms with Crippen LogP contribution in [0.15, 0.2) is 91.0 Å². The van der Waals surface area contributed by atoms with Gasteiger partial charge in [-0.1, -0.05) is 48.5 Å². The molecule has 0 bridgehead atoms. The van der Waals surface area contributed by atoms with E-state index in [0.29, 0.717) is 6.61 Å². The number of carboxylic acids is 3. The number of methoxy groups -OCH3 is 1. The van der Waals surface area contributed by atoms with Gasteiger partial charge in [0, 0.05) is 17.6 Å². The summed E-state index contributed by atoms with van der Waals surface area (Å²) < 4.78 is 11.2. The van der Waals surface area contributed by atoms with Crippen LogP contribution in [-0.4, -0.2) is 46.4 Å². The lowest BCUT2D eigenvalue weighted by atomic mass is 9.88. The number of aromatic carboxylic acids is 2. The Morgan fingerprint density at radius 1 is 0.767 bits per heavy atom. The molecule has 9 heteroatoms. The van der Waals surface area contributed by atoms with E-state index in [0.717, 1.165) is 40.3 Å². The number of fused-ring (bicyclic) bond motifs is 1. The van der Waals surface area contributed by atoms with Gasteiger partial charge in [0.05, 0.1) is 24.7 Å². The molecule has 0 saturated heterocycles. The number of nitrogens with one attached hydrogen (secondary N) is 1. The molecule has 222 valence electrons. The van der Waals surface area contributed by atoms with Crippen molar-refractivity contribution < 1.29 is 39.2 Å². The third kappa shape index (κ3) is 7.91. The van der Waals surface area contributed by atoms with Gasteiger partial charge in [-0.25, -0.2) is 9.59 Å². The summed E-state index contributed by atoms with van der Waals surface area (Å²) in [6, 6.07) is 28.0. The Morgan fingerprint density at radius 3 is 1.98 bits per heavy atom. The summed E-state index contributed by atoms with van der Waals surface area (Å²) in [4.78, 5) is 32.8. The Labute approximate surface area is 249 Å². The van der Waals surface area contributed by atoms with Crippen LogP contribution in [0.2, 0.25) is 0 Å². The lowest BCUT2D eigenvalue weighted by Gasteiger charge is -2.19. The van der Waals surface area contributed by atoms with Gasteiger partial charge < -0.3 is 30.1 Å². The zero-order chi connectivity index (χ0) is 30.9. The number of carbonyl (C=O) groups is 3. The number of aliphatic carboxylic acids is 1. The zero-order valence-electron chi connectivity index (χ0n) is 23.8. The summed E-state index contributed by atoms with van der Waals surface area (Å²) in [6.45, 7) is 1.96. The minimum Gasteiger partial charge on any atom is -0.497 e. The van der Waals surface area contributed by atoms with Crippen molar-refractivity contribution in [1.29, 1.82) is 0 Å². The van der Waals surface area contributed by atoms with E-state index >= 15 is 0 Å². The molecule has 0 saturated carbocycles. The summed E-state index contributed by atoms with van der Waals surface area (Å²) in [5.41, 5.74) is 4.54. The van der Waals surface area contributed by atoms with Crippen LogP contribution >= 0.6 is 0 Å². The molecular weight excluding hydrogens is 550 g/mol. The summed E-state index contributed by atoms with van der Waals surface area (Å²) in [5, 5.41) is 30.4. The van der Waals surface area contributed by atoms with Gasteiger partial charge in [-0.2, -0.15) is 0 Å². The fourth-order valence-electron chi connectivity index (χ4n) is 5.08. The molecule has 0 radical (unpaired) electrons. The molecule has 4 aromatic carbocycles. The van der Waals surface area contributed by atoms with E-state index in [1.807, 2.05) is 72.8 Å². The number of rotatable bonds is 10. The predicted molar refractivity (Wildman–Crippen MR) is 161 cm³/mol. The number of carboxylic acid groups (broad SMARTS) is 3. The van der Waals surface area contributed by atoms with Crippen LogP contribution in [0, 0.1) is 6.92 Å². The second-order valence-electron chi connectivity index (χ2n) is 10.1. The predicted octanol–water partition coefficient (Wildman–Crippen LogP) is 6.26. The van der Waals surface area contributed by atoms with Gasteiger partial charge in [-0.05, 0) is 78.1 Å². The van der Waals surface area contributed by atoms with Crippen LogP contribution in [0.5, 0.6) is 11.5 Å². The first-order valence-corrected chi connectivity index (χ1v) is 13.6. The normalized spacial score (nSPS) is 14.8. The van der Waals surface area contributed by atoms with E-state index in [2.05, 4.69) is 5.32 Å². The molecule has 2 atom stereocenters. The number of anilines is 1. The van der Waals surface area contributed by atoms with Gasteiger partial charge in [0.2, 0.25) is 0 Å². The number of benzene rings is 4. The Balaban J connectivity index is 0.000000273. The first-order valence-electron chi connectivity index (χ1n) is 13.6. The van der Waals surface area contributed by atoms with Crippen LogP contribution in [0.1, 0.15) is 55.3 Å². The lowest BCUT2D eigenvalue weighted by Crippen LogP contribution is -2.25. The quantitative estimate of drug-likeness (QED) is 0.170. The first kappa shape index (κ1) is 30.6. The fraction of sp³-hybridized carbons (Fsp3) is 0.206. The number of hydrogen-bond acceptors (Lipinski definition) is 6. The van der Waals surface area contributed by atoms with E-state index in [4.69, 9.17) is 19.7 Å². The highest BCUT2D eigenvalue weighted by atomic mass is 16.5. The van der Waals surface area contributed by atoms with Gasteiger partial charge in [0.25, 0.3) is 0 Å². The minimum atomic E-state index is -1.11. The van der Waals surface area contributed by atoms with Gasteiger partial charge in [-0.15, -0.1) is 0 Å². The summed E-state index contributed by atoms with van der Waals surface area (Å²) in [5.74, 6) is -1.59. The van der Waals surface area contributed by atoms with E-state index in [-0.39, 0.29) is 35.1 Å². The van der Waals surface area contributed by atoms with E-state index in [1.165, 1.54) is 25.1 Å². The molecule has 9 nitrogen and oxygen atoms in total. The van der Waals surface area contributed by atoms with E-state index < -0.39 is 17.9 Å². The van der Waals surface area contributed by atoms with Crippen molar-refractivity contribution in [3.05, 3.63) is 124 Å². The van der Waals surface area contributed by atoms with Gasteiger partial charge in [0.1, 0.15) is 18.1 Å². The molecule has 4 aromatic rings. The Bertz CT molecular complexity index is 1550. The highest BCUT2D eigenvalue weighted by Crippen LogP contribution is 2.41. The third-order valence-electron chi connectivity index (χ3n) is 7.30. The minimum absolute atomic E-state index is 0.00821. The largest absolute Gasteiger partial charge is 0.497 e. The summed E-state index contributed by atoms with van der Waals surface area (Å²) >= 11 is 0. The maximum atomic E-state index is 11.6. The van der Waals surface area contributed by atoms with E-state index in [9.17, 15) is 19.5 Å². The van der Waals surface area contributed by atoms with Crippen LogP contribution < -0.4 is 14.8 Å². The first-order chi connectivity index (χ1) is 20.7. The number of ether oxygens (including phenoxy) is 2. The van der Waals surface area contributed by atoms with Crippen LogP contribution in [0.25, 0.3) is 0 Å². The van der Waals surface area contributed by atoms with Crippen molar-refractivity contribution in [1.82, 2.24) is 0 Å². The maximum Gasteiger partial charge on any atom is 0.335 e. The molecule has 43 heavy (non-hydrogen) atoms. The molecule has 0 spiro atoms. The highest BCUT2D eigenvalue weighted by molar-refractivity contribution is 5.96. The molecule has 0 fully saturated rings. The van der Waals surface area contributed by atoms with Gasteiger partial charge in [-0.3, -0.25) is 4.79 Å². The van der Waals surface area contributed by atoms with Crippen LogP contribution in [0.4, 0.5) is 5.69 Å². The zero-order valence-corrected chi connectivity index (χ0v) is 23.8. The standard InChI is InChI=1S/C25H25NO4.C9H8O4/c1-29-19-9-7-17(8-10-19)13-24-22(15-25(27)28)21-14-20(11-12-23(21)26-24)30-16-18-5-3-2-4-6-18;1-5-6(8(10)11)3-2-4-7(5)9(12)13/h2-12,14,22,24,26H,13,15-16H2,1H3,(H,27,28);2-4H,1H3,(H,10,11)(H,12,13). The Morgan fingerprint density at radius 2 is 1.40 bits per heavy atom. The Hall–Kier alpha value is -5.31. The van der Waals surface area contributed by atoms with Gasteiger partial charge >= 0.3 is 17.9 Å². The number of hydrogen-bond donors (Lipinski definition) is 4. The van der Waals surface area contributed by atoms with Crippen LogP contribution in [-0.2, 0) is 17.8 Å². The molecule has 1 heterocycles. The van der Waals surface area contributed by atoms with Gasteiger partial charge in [0.15, 0.2) is 0 Å². The average Bonchev–Trinajstić information content (AvgIpc) is 3.32. The van der Waals surface area contributed by atoms with E-state index in [1.54, 1.807) is 7.11 Å². The molecule has 0 aromatic heterocycles. The van der Waals surface area contributed by atoms with Crippen molar-refractivity contribution >= 4 is 23.6 Å². The second kappa shape index (κ2) is 14.0. The monoisotopic (exact) mass is 583 g/mol. The lowest BCUT2D eigenvalue weighted by molar-refractivity contribution is -0.137. The maximum absolute atomic E-state index is 11.6. The van der Waals surface area contributed by atoms with Crippen molar-refractivity contribution in [3.8, 4) is 11.5 Å². The smallest absolute Gasteiger partial charge is 0.335 e. The van der Waals surface area contributed by atoms with Crippen LogP contribution in [0.3, 0.4) is 0 Å². The molecule has 0 aliphatic carbocycles. The van der Waals surface area contributed by atoms with Crippen molar-refractivity contribution in [2.75, 3.05) is 12.4 Å². The van der Waals surface area contributed by atoms with Crippen molar-refractivity contribution in [2.45, 2.75) is 38.3 Å². The summed E-state index contributed by atoms with van der Waals surface area (Å²) in [6.07, 6.45) is 0.805. The Kier molecular flexibility index (Phi) is 10.0. The average molecular weight is 584 g/mol. The molecule has 0 amide bonds. The highest BCUT2D eigenvalue weighted by Gasteiger charge is 2.34. The fourth-order valence-corrected chi connectivity index (χ4v) is 5.08. The second-order valence-corrected chi connectivity index (χ2v) is 10.1. The summed E-state index contributed by atoms with van der Waals surface area (Å²) in [7, 11) is 1.64. The molecule has 5 rings (SSSR count). The topological polar surface area (TPSA) is 142 Å².